The van der Waals surface area contributed by atoms with E-state index in [4.69, 9.17) is 0 Å². The van der Waals surface area contributed by atoms with Gasteiger partial charge in [0.1, 0.15) is 0 Å². The van der Waals surface area contributed by atoms with Gasteiger partial charge in [0.05, 0.1) is 11.7 Å². The van der Waals surface area contributed by atoms with Crippen LogP contribution in [-0.2, 0) is 4.79 Å². The molecule has 3 rings (SSSR count). The Morgan fingerprint density at radius 2 is 2.00 bits per heavy atom. The molecule has 21 heavy (non-hydrogen) atoms. The molecule has 0 bridgehead atoms. The van der Waals surface area contributed by atoms with Gasteiger partial charge in [0, 0.05) is 12.6 Å². The molecule has 3 fully saturated rings. The molecule has 2 saturated carbocycles. The van der Waals surface area contributed by atoms with E-state index in [1.165, 1.54) is 25.7 Å². The fraction of sp³-hybridized carbons (Fsp3) is 0.941. The first-order valence-electron chi connectivity index (χ1n) is 8.82. The quantitative estimate of drug-likeness (QED) is 0.815. The van der Waals surface area contributed by atoms with E-state index in [0.717, 1.165) is 32.4 Å². The molecule has 0 aromatic heterocycles. The van der Waals surface area contributed by atoms with Crippen LogP contribution in [0.5, 0.6) is 0 Å². The zero-order valence-electron chi connectivity index (χ0n) is 13.9. The van der Waals surface area contributed by atoms with Crippen LogP contribution < -0.4 is 5.32 Å². The van der Waals surface area contributed by atoms with Crippen LogP contribution in [0.2, 0.25) is 0 Å². The van der Waals surface area contributed by atoms with Crippen molar-refractivity contribution in [1.29, 1.82) is 0 Å². The van der Waals surface area contributed by atoms with Crippen molar-refractivity contribution in [3.8, 4) is 0 Å². The first kappa shape index (κ1) is 15.3. The molecule has 0 aromatic carbocycles. The molecule has 2 aliphatic carbocycles. The molecule has 1 unspecified atom stereocenters. The van der Waals surface area contributed by atoms with E-state index in [9.17, 15) is 4.79 Å². The maximum absolute atomic E-state index is 12.7. The summed E-state index contributed by atoms with van der Waals surface area (Å²) < 4.78 is 0. The van der Waals surface area contributed by atoms with E-state index in [-0.39, 0.29) is 5.54 Å². The zero-order chi connectivity index (χ0) is 15.0. The van der Waals surface area contributed by atoms with E-state index in [0.29, 0.717) is 24.0 Å². The summed E-state index contributed by atoms with van der Waals surface area (Å²) >= 11 is 0. The Morgan fingerprint density at radius 3 is 2.57 bits per heavy atom. The Balaban J connectivity index is 1.58. The highest BCUT2D eigenvalue weighted by molar-refractivity contribution is 5.91. The smallest absolute Gasteiger partial charge is 0.244 e. The van der Waals surface area contributed by atoms with Gasteiger partial charge in [0.2, 0.25) is 5.91 Å². The van der Waals surface area contributed by atoms with Gasteiger partial charge < -0.3 is 9.80 Å². The number of rotatable bonds is 6. The predicted molar refractivity (Wildman–Crippen MR) is 84.9 cm³/mol. The molecule has 1 spiro atoms. The molecule has 0 radical (unpaired) electrons. The van der Waals surface area contributed by atoms with Gasteiger partial charge in [0.25, 0.3) is 0 Å². The predicted octanol–water partition coefficient (Wildman–Crippen LogP) is 2.20. The maximum atomic E-state index is 12.7. The Labute approximate surface area is 129 Å². The highest BCUT2D eigenvalue weighted by Gasteiger charge is 2.60. The van der Waals surface area contributed by atoms with Gasteiger partial charge in [-0.15, -0.1) is 0 Å². The molecule has 1 amide bonds. The molecule has 1 heterocycles. The summed E-state index contributed by atoms with van der Waals surface area (Å²) in [6.45, 7) is 6.45. The molecule has 4 heteroatoms. The molecule has 0 aromatic rings. The second-order valence-electron chi connectivity index (χ2n) is 7.64. The summed E-state index contributed by atoms with van der Waals surface area (Å²) in [5, 5.41) is 3.71. The molecular formula is C17H31N3O. The number of hydrogen-bond acceptors (Lipinski definition) is 3. The molecule has 4 nitrogen and oxygen atoms in total. The molecule has 1 atom stereocenters. The van der Waals surface area contributed by atoms with Crippen LogP contribution in [0.3, 0.4) is 0 Å². The summed E-state index contributed by atoms with van der Waals surface area (Å²) in [5.74, 6) is 1.09. The SMILES string of the molecule is CC(C)N(C)CCCN1C(=O)C2(CC2)NC1C1CCCC1. The van der Waals surface area contributed by atoms with Gasteiger partial charge in [0.15, 0.2) is 0 Å². The minimum Gasteiger partial charge on any atom is -0.325 e. The van der Waals surface area contributed by atoms with Crippen molar-refractivity contribution in [2.24, 2.45) is 5.92 Å². The van der Waals surface area contributed by atoms with Gasteiger partial charge >= 0.3 is 0 Å². The summed E-state index contributed by atoms with van der Waals surface area (Å²) in [6.07, 6.45) is 8.79. The Kier molecular flexibility index (Phi) is 4.28. The third-order valence-electron chi connectivity index (χ3n) is 5.82. The number of nitrogens with zero attached hydrogens (tertiary/aromatic N) is 2. The zero-order valence-corrected chi connectivity index (χ0v) is 13.9. The van der Waals surface area contributed by atoms with Crippen molar-refractivity contribution < 1.29 is 4.79 Å². The van der Waals surface area contributed by atoms with Crippen molar-refractivity contribution >= 4 is 5.91 Å². The number of carbonyl (C=O) groups excluding carboxylic acids is 1. The highest BCUT2D eigenvalue weighted by atomic mass is 16.2. The second kappa shape index (κ2) is 5.88. The van der Waals surface area contributed by atoms with Crippen molar-refractivity contribution in [2.45, 2.75) is 76.5 Å². The van der Waals surface area contributed by atoms with Gasteiger partial charge in [-0.3, -0.25) is 10.1 Å². The third kappa shape index (κ3) is 2.98. The topological polar surface area (TPSA) is 35.6 Å². The molecule has 1 aliphatic heterocycles. The molecular weight excluding hydrogens is 262 g/mol. The molecule has 1 saturated heterocycles. The van der Waals surface area contributed by atoms with Crippen LogP contribution in [0.1, 0.15) is 58.8 Å². The standard InChI is InChI=1S/C17H31N3O/c1-13(2)19(3)11-6-12-20-15(14-7-4-5-8-14)18-17(9-10-17)16(20)21/h13-15,18H,4-12H2,1-3H3. The van der Waals surface area contributed by atoms with Crippen molar-refractivity contribution in [3.05, 3.63) is 0 Å². The lowest BCUT2D eigenvalue weighted by Gasteiger charge is -2.30. The summed E-state index contributed by atoms with van der Waals surface area (Å²) in [6, 6.07) is 0.581. The van der Waals surface area contributed by atoms with E-state index in [2.05, 4.69) is 36.0 Å². The third-order valence-corrected chi connectivity index (χ3v) is 5.82. The summed E-state index contributed by atoms with van der Waals surface area (Å²) in [4.78, 5) is 17.3. The number of hydrogen-bond donors (Lipinski definition) is 1. The van der Waals surface area contributed by atoms with Gasteiger partial charge in [-0.25, -0.2) is 0 Å². The monoisotopic (exact) mass is 293 g/mol. The lowest BCUT2D eigenvalue weighted by atomic mass is 10.0. The Morgan fingerprint density at radius 1 is 1.33 bits per heavy atom. The van der Waals surface area contributed by atoms with Crippen molar-refractivity contribution in [1.82, 2.24) is 15.1 Å². The number of amides is 1. The Hall–Kier alpha value is -0.610. The molecule has 3 aliphatic rings. The van der Waals surface area contributed by atoms with Gasteiger partial charge in [-0.1, -0.05) is 12.8 Å². The van der Waals surface area contributed by atoms with E-state index in [1.54, 1.807) is 0 Å². The lowest BCUT2D eigenvalue weighted by molar-refractivity contribution is -0.131. The maximum Gasteiger partial charge on any atom is 0.244 e. The minimum atomic E-state index is -0.142. The van der Waals surface area contributed by atoms with Crippen molar-refractivity contribution in [2.75, 3.05) is 20.1 Å². The fourth-order valence-electron chi connectivity index (χ4n) is 3.94. The van der Waals surface area contributed by atoms with Crippen LogP contribution in [0.4, 0.5) is 0 Å². The van der Waals surface area contributed by atoms with E-state index in [1.807, 2.05) is 0 Å². The Bertz CT molecular complexity index is 385. The first-order chi connectivity index (χ1) is 10.0. The van der Waals surface area contributed by atoms with Gasteiger partial charge in [-0.05, 0) is 65.5 Å². The first-order valence-corrected chi connectivity index (χ1v) is 8.82. The van der Waals surface area contributed by atoms with Crippen LogP contribution in [0, 0.1) is 5.92 Å². The average Bonchev–Trinajstić information content (AvgIpc) is 2.93. The largest absolute Gasteiger partial charge is 0.325 e. The fourth-order valence-corrected chi connectivity index (χ4v) is 3.94. The van der Waals surface area contributed by atoms with Crippen LogP contribution in [0.25, 0.3) is 0 Å². The normalized spacial score (nSPS) is 28.5. The second-order valence-corrected chi connectivity index (χ2v) is 7.64. The summed E-state index contributed by atoms with van der Waals surface area (Å²) in [5.41, 5.74) is -0.142. The van der Waals surface area contributed by atoms with E-state index < -0.39 is 0 Å². The van der Waals surface area contributed by atoms with Crippen molar-refractivity contribution in [3.63, 3.8) is 0 Å². The van der Waals surface area contributed by atoms with Crippen LogP contribution in [-0.4, -0.2) is 53.6 Å². The average molecular weight is 293 g/mol. The molecule has 1 N–H and O–H groups in total. The van der Waals surface area contributed by atoms with Crippen LogP contribution >= 0.6 is 0 Å². The van der Waals surface area contributed by atoms with Gasteiger partial charge in [-0.2, -0.15) is 0 Å². The number of carbonyl (C=O) groups is 1. The summed E-state index contributed by atoms with van der Waals surface area (Å²) in [7, 11) is 2.17. The molecule has 120 valence electrons. The van der Waals surface area contributed by atoms with Crippen LogP contribution in [0.15, 0.2) is 0 Å². The van der Waals surface area contributed by atoms with E-state index >= 15 is 0 Å². The highest BCUT2D eigenvalue weighted by Crippen LogP contribution is 2.45. The number of nitrogens with one attached hydrogen (secondary N) is 1. The lowest BCUT2D eigenvalue weighted by Crippen LogP contribution is -2.43. The minimum absolute atomic E-state index is 0.142.